The van der Waals surface area contributed by atoms with Crippen LogP contribution in [0.4, 0.5) is 14.5 Å². The van der Waals surface area contributed by atoms with Crippen molar-refractivity contribution in [1.82, 2.24) is 0 Å². The zero-order valence-corrected chi connectivity index (χ0v) is 13.5. The summed E-state index contributed by atoms with van der Waals surface area (Å²) >= 11 is 0. The van der Waals surface area contributed by atoms with Crippen LogP contribution in [0.2, 0.25) is 0 Å². The molecule has 0 saturated heterocycles. The van der Waals surface area contributed by atoms with Crippen molar-refractivity contribution in [3.05, 3.63) is 60.2 Å². The number of benzene rings is 2. The molecule has 0 radical (unpaired) electrons. The molecule has 1 amide bonds. The summed E-state index contributed by atoms with van der Waals surface area (Å²) in [5, 5.41) is 2.18. The molecular weight excluding hydrogens is 332 g/mol. The molecule has 25 heavy (non-hydrogen) atoms. The van der Waals surface area contributed by atoms with Gasteiger partial charge in [-0.3, -0.25) is 9.59 Å². The summed E-state index contributed by atoms with van der Waals surface area (Å²) in [4.78, 5) is 23.6. The van der Waals surface area contributed by atoms with Gasteiger partial charge in [-0.2, -0.15) is 0 Å². The SMILES string of the molecule is C[C@@H](OC(=O)CCOc1ccccc1)C(=O)Nc1cc(F)ccc1F. The highest BCUT2D eigenvalue weighted by atomic mass is 19.1. The second kappa shape index (κ2) is 8.77. The van der Waals surface area contributed by atoms with Gasteiger partial charge in [0.05, 0.1) is 18.7 Å². The lowest BCUT2D eigenvalue weighted by atomic mass is 10.2. The van der Waals surface area contributed by atoms with Gasteiger partial charge in [-0.1, -0.05) is 18.2 Å². The first-order chi connectivity index (χ1) is 12.0. The summed E-state index contributed by atoms with van der Waals surface area (Å²) in [5.74, 6) is -2.27. The topological polar surface area (TPSA) is 64.6 Å². The van der Waals surface area contributed by atoms with E-state index in [0.717, 1.165) is 18.2 Å². The molecule has 0 aromatic heterocycles. The molecule has 0 spiro atoms. The Labute approximate surface area is 143 Å². The van der Waals surface area contributed by atoms with Crippen molar-refractivity contribution in [2.75, 3.05) is 11.9 Å². The van der Waals surface area contributed by atoms with Crippen LogP contribution in [0.1, 0.15) is 13.3 Å². The summed E-state index contributed by atoms with van der Waals surface area (Å²) in [6.45, 7) is 1.43. The maximum Gasteiger partial charge on any atom is 0.310 e. The first-order valence-corrected chi connectivity index (χ1v) is 7.59. The van der Waals surface area contributed by atoms with Crippen LogP contribution >= 0.6 is 0 Å². The smallest absolute Gasteiger partial charge is 0.310 e. The van der Waals surface area contributed by atoms with Crippen LogP contribution in [0.3, 0.4) is 0 Å². The lowest BCUT2D eigenvalue weighted by molar-refractivity contribution is -0.153. The molecule has 7 heteroatoms. The third-order valence-electron chi connectivity index (χ3n) is 3.18. The van der Waals surface area contributed by atoms with Gasteiger partial charge >= 0.3 is 5.97 Å². The minimum atomic E-state index is -1.16. The number of para-hydroxylation sites is 1. The molecular formula is C18H17F2NO4. The monoisotopic (exact) mass is 349 g/mol. The molecule has 0 saturated carbocycles. The highest BCUT2D eigenvalue weighted by molar-refractivity contribution is 5.95. The van der Waals surface area contributed by atoms with Crippen LogP contribution in [0.15, 0.2) is 48.5 Å². The first-order valence-electron chi connectivity index (χ1n) is 7.59. The summed E-state index contributed by atoms with van der Waals surface area (Å²) in [6.07, 6.45) is -1.22. The number of nitrogens with one attached hydrogen (secondary N) is 1. The van der Waals surface area contributed by atoms with Gasteiger partial charge in [-0.15, -0.1) is 0 Å². The van der Waals surface area contributed by atoms with Gasteiger partial charge < -0.3 is 14.8 Å². The van der Waals surface area contributed by atoms with Crippen molar-refractivity contribution >= 4 is 17.6 Å². The van der Waals surface area contributed by atoms with Crippen LogP contribution in [-0.2, 0) is 14.3 Å². The quantitative estimate of drug-likeness (QED) is 0.779. The number of anilines is 1. The standard InChI is InChI=1S/C18H17F2NO4/c1-12(18(23)21-16-11-13(19)7-8-15(16)20)25-17(22)9-10-24-14-5-3-2-4-6-14/h2-8,11-12H,9-10H2,1H3,(H,21,23)/t12-/m1/s1. The maximum atomic E-state index is 13.5. The number of carbonyl (C=O) groups excluding carboxylic acids is 2. The van der Waals surface area contributed by atoms with Gasteiger partial charge in [-0.25, -0.2) is 8.78 Å². The molecule has 0 heterocycles. The molecule has 0 aliphatic heterocycles. The Morgan fingerprint density at radius 3 is 2.56 bits per heavy atom. The summed E-state index contributed by atoms with van der Waals surface area (Å²) in [6, 6.07) is 11.6. The molecule has 1 N–H and O–H groups in total. The van der Waals surface area contributed by atoms with E-state index in [1.54, 1.807) is 24.3 Å². The van der Waals surface area contributed by atoms with Gasteiger partial charge in [0.25, 0.3) is 5.91 Å². The second-order valence-electron chi connectivity index (χ2n) is 5.16. The van der Waals surface area contributed by atoms with Gasteiger partial charge in [0.15, 0.2) is 6.10 Å². The van der Waals surface area contributed by atoms with E-state index in [9.17, 15) is 18.4 Å². The van der Waals surface area contributed by atoms with Crippen molar-refractivity contribution in [2.45, 2.75) is 19.4 Å². The van der Waals surface area contributed by atoms with Crippen molar-refractivity contribution in [3.63, 3.8) is 0 Å². The minimum Gasteiger partial charge on any atom is -0.493 e. The van der Waals surface area contributed by atoms with E-state index >= 15 is 0 Å². The second-order valence-corrected chi connectivity index (χ2v) is 5.16. The fourth-order valence-corrected chi connectivity index (χ4v) is 1.91. The van der Waals surface area contributed by atoms with E-state index in [1.807, 2.05) is 6.07 Å². The highest BCUT2D eigenvalue weighted by Gasteiger charge is 2.19. The third-order valence-corrected chi connectivity index (χ3v) is 3.18. The van der Waals surface area contributed by atoms with Crippen molar-refractivity contribution < 1.29 is 27.8 Å². The molecule has 0 aliphatic rings. The molecule has 2 aromatic rings. The summed E-state index contributed by atoms with van der Waals surface area (Å²) in [7, 11) is 0. The predicted octanol–water partition coefficient (Wildman–Crippen LogP) is 3.30. The number of ether oxygens (including phenoxy) is 2. The summed E-state index contributed by atoms with van der Waals surface area (Å²) < 4.78 is 36.8. The van der Waals surface area contributed by atoms with Crippen molar-refractivity contribution in [1.29, 1.82) is 0 Å². The van der Waals surface area contributed by atoms with Crippen LogP contribution in [0, 0.1) is 11.6 Å². The predicted molar refractivity (Wildman–Crippen MR) is 87.1 cm³/mol. The number of hydrogen-bond acceptors (Lipinski definition) is 4. The van der Waals surface area contributed by atoms with Gasteiger partial charge in [0.1, 0.15) is 17.4 Å². The molecule has 2 rings (SSSR count). The Balaban J connectivity index is 1.78. The van der Waals surface area contributed by atoms with E-state index in [1.165, 1.54) is 6.92 Å². The van der Waals surface area contributed by atoms with E-state index in [-0.39, 0.29) is 18.7 Å². The lowest BCUT2D eigenvalue weighted by Crippen LogP contribution is -2.30. The molecule has 0 fully saturated rings. The highest BCUT2D eigenvalue weighted by Crippen LogP contribution is 2.16. The average molecular weight is 349 g/mol. The number of amides is 1. The van der Waals surface area contributed by atoms with Crippen LogP contribution in [0.5, 0.6) is 5.75 Å². The number of halogens is 2. The van der Waals surface area contributed by atoms with E-state index < -0.39 is 29.6 Å². The number of carbonyl (C=O) groups is 2. The van der Waals surface area contributed by atoms with Gasteiger partial charge in [0.2, 0.25) is 0 Å². The Hall–Kier alpha value is -2.96. The Morgan fingerprint density at radius 1 is 1.12 bits per heavy atom. The zero-order chi connectivity index (χ0) is 18.2. The largest absolute Gasteiger partial charge is 0.493 e. The molecule has 132 valence electrons. The van der Waals surface area contributed by atoms with E-state index in [0.29, 0.717) is 5.75 Å². The molecule has 0 aliphatic carbocycles. The van der Waals surface area contributed by atoms with Crippen molar-refractivity contribution in [2.24, 2.45) is 0 Å². The Kier molecular flexibility index (Phi) is 6.45. The van der Waals surface area contributed by atoms with E-state index in [4.69, 9.17) is 9.47 Å². The first kappa shape index (κ1) is 18.4. The number of hydrogen-bond donors (Lipinski definition) is 1. The zero-order valence-electron chi connectivity index (χ0n) is 13.5. The van der Waals surface area contributed by atoms with Crippen LogP contribution < -0.4 is 10.1 Å². The number of rotatable bonds is 7. The molecule has 1 atom stereocenters. The fourth-order valence-electron chi connectivity index (χ4n) is 1.91. The maximum absolute atomic E-state index is 13.5. The van der Waals surface area contributed by atoms with Gasteiger partial charge in [-0.05, 0) is 31.2 Å². The summed E-state index contributed by atoms with van der Waals surface area (Å²) in [5.41, 5.74) is -0.319. The number of esters is 1. The minimum absolute atomic E-state index is 0.0547. The average Bonchev–Trinajstić information content (AvgIpc) is 2.59. The lowest BCUT2D eigenvalue weighted by Gasteiger charge is -2.14. The van der Waals surface area contributed by atoms with Crippen LogP contribution in [0.25, 0.3) is 0 Å². The normalized spacial score (nSPS) is 11.5. The van der Waals surface area contributed by atoms with Crippen molar-refractivity contribution in [3.8, 4) is 5.75 Å². The fraction of sp³-hybridized carbons (Fsp3) is 0.222. The Morgan fingerprint density at radius 2 is 1.84 bits per heavy atom. The van der Waals surface area contributed by atoms with Crippen LogP contribution in [-0.4, -0.2) is 24.6 Å². The molecule has 2 aromatic carbocycles. The molecule has 0 unspecified atom stereocenters. The third kappa shape index (κ3) is 5.87. The molecule has 5 nitrogen and oxygen atoms in total. The van der Waals surface area contributed by atoms with Gasteiger partial charge in [0, 0.05) is 6.07 Å². The Bertz CT molecular complexity index is 737. The van der Waals surface area contributed by atoms with E-state index in [2.05, 4.69) is 5.32 Å². The molecule has 0 bridgehead atoms.